The Morgan fingerprint density at radius 2 is 2.12 bits per heavy atom. The van der Waals surface area contributed by atoms with Crippen molar-refractivity contribution in [3.05, 3.63) is 39.8 Å². The van der Waals surface area contributed by atoms with Gasteiger partial charge in [0.05, 0.1) is 15.9 Å². The number of aryl methyl sites for hydroxylation is 1. The van der Waals surface area contributed by atoms with Gasteiger partial charge in [-0.05, 0) is 41.4 Å². The Balaban J connectivity index is 2.46. The Labute approximate surface area is 103 Å². The maximum Gasteiger partial charge on any atom is 0.153 e. The smallest absolute Gasteiger partial charge is 0.153 e. The minimum Gasteiger partial charge on any atom is -0.326 e. The Morgan fingerprint density at radius 1 is 1.38 bits per heavy atom. The topological polar surface area (TPSA) is 56.7 Å². The molecule has 0 aliphatic heterocycles. The number of nitrogens with two attached hydrogens (primary N) is 1. The van der Waals surface area contributed by atoms with E-state index in [0.29, 0.717) is 6.54 Å². The van der Waals surface area contributed by atoms with Gasteiger partial charge in [0.2, 0.25) is 0 Å². The first-order valence-electron chi connectivity index (χ1n) is 5.00. The lowest BCUT2D eigenvalue weighted by molar-refractivity contribution is 0.803. The average molecular weight is 281 g/mol. The summed E-state index contributed by atoms with van der Waals surface area (Å²) in [5, 5.41) is 4.41. The maximum absolute atomic E-state index is 5.53. The van der Waals surface area contributed by atoms with Crippen LogP contribution in [0.15, 0.2) is 22.8 Å². The zero-order valence-electron chi connectivity index (χ0n) is 9.24. The third-order valence-corrected chi connectivity index (χ3v) is 3.61. The molecule has 0 fully saturated rings. The van der Waals surface area contributed by atoms with E-state index < -0.39 is 0 Å². The van der Waals surface area contributed by atoms with Crippen molar-refractivity contribution in [2.24, 2.45) is 5.73 Å². The molecule has 16 heavy (non-hydrogen) atoms. The number of hydrogen-bond acceptors (Lipinski definition) is 3. The van der Waals surface area contributed by atoms with Crippen LogP contribution in [0.1, 0.15) is 17.0 Å². The normalized spacial score (nSPS) is 10.8. The zero-order valence-corrected chi connectivity index (χ0v) is 10.8. The fourth-order valence-corrected chi connectivity index (χ4v) is 1.76. The van der Waals surface area contributed by atoms with Gasteiger partial charge < -0.3 is 5.73 Å². The Hall–Kier alpha value is -1.20. The van der Waals surface area contributed by atoms with E-state index in [1.807, 2.05) is 30.7 Å². The molecule has 0 bridgehead atoms. The molecule has 84 valence electrons. The van der Waals surface area contributed by atoms with E-state index in [9.17, 15) is 0 Å². The molecule has 0 spiro atoms. The van der Waals surface area contributed by atoms with Crippen molar-refractivity contribution in [1.82, 2.24) is 14.8 Å². The first kappa shape index (κ1) is 11.3. The molecule has 2 rings (SSSR count). The van der Waals surface area contributed by atoms with Gasteiger partial charge in [-0.25, -0.2) is 9.67 Å². The van der Waals surface area contributed by atoms with Crippen LogP contribution in [0.2, 0.25) is 0 Å². The largest absolute Gasteiger partial charge is 0.326 e. The average Bonchev–Trinajstić information content (AvgIpc) is 2.57. The third-order valence-electron chi connectivity index (χ3n) is 2.46. The fraction of sp³-hybridized carbons (Fsp3) is 0.273. The molecular weight excluding hydrogens is 268 g/mol. The standard InChI is InChI=1S/C11H13BrN4/c1-7-11(12)8(2)16(15-7)10-4-3-9(5-13)6-14-10/h3-4,6H,5,13H2,1-2H3. The second-order valence-corrected chi connectivity index (χ2v) is 4.42. The Bertz CT molecular complexity index is 501. The number of rotatable bonds is 2. The molecule has 0 aliphatic carbocycles. The number of nitrogens with zero attached hydrogens (tertiary/aromatic N) is 3. The van der Waals surface area contributed by atoms with E-state index in [4.69, 9.17) is 5.73 Å². The summed E-state index contributed by atoms with van der Waals surface area (Å²) in [7, 11) is 0. The van der Waals surface area contributed by atoms with Crippen molar-refractivity contribution in [3.8, 4) is 5.82 Å². The molecule has 0 aliphatic rings. The molecule has 0 saturated heterocycles. The van der Waals surface area contributed by atoms with Gasteiger partial charge in [-0.3, -0.25) is 0 Å². The second kappa shape index (κ2) is 4.35. The molecule has 0 aromatic carbocycles. The molecule has 0 atom stereocenters. The van der Waals surface area contributed by atoms with Crippen LogP contribution in [0.25, 0.3) is 5.82 Å². The van der Waals surface area contributed by atoms with Gasteiger partial charge in [0.15, 0.2) is 5.82 Å². The van der Waals surface area contributed by atoms with Gasteiger partial charge in [-0.1, -0.05) is 6.07 Å². The van der Waals surface area contributed by atoms with Crippen molar-refractivity contribution in [2.45, 2.75) is 20.4 Å². The van der Waals surface area contributed by atoms with Gasteiger partial charge in [0, 0.05) is 12.7 Å². The van der Waals surface area contributed by atoms with E-state index >= 15 is 0 Å². The highest BCUT2D eigenvalue weighted by Crippen LogP contribution is 2.21. The molecule has 2 aromatic rings. The van der Waals surface area contributed by atoms with E-state index in [2.05, 4.69) is 26.0 Å². The maximum atomic E-state index is 5.53. The fourth-order valence-electron chi connectivity index (χ4n) is 1.51. The Kier molecular flexibility index (Phi) is 3.07. The molecule has 0 radical (unpaired) electrons. The first-order chi connectivity index (χ1) is 7.63. The van der Waals surface area contributed by atoms with Crippen molar-refractivity contribution in [1.29, 1.82) is 0 Å². The van der Waals surface area contributed by atoms with Crippen LogP contribution >= 0.6 is 15.9 Å². The minimum absolute atomic E-state index is 0.508. The van der Waals surface area contributed by atoms with E-state index in [1.54, 1.807) is 6.20 Å². The quantitative estimate of drug-likeness (QED) is 0.917. The van der Waals surface area contributed by atoms with E-state index in [-0.39, 0.29) is 0 Å². The summed E-state index contributed by atoms with van der Waals surface area (Å²) in [6.45, 7) is 4.47. The first-order valence-corrected chi connectivity index (χ1v) is 5.80. The summed E-state index contributed by atoms with van der Waals surface area (Å²) in [5.74, 6) is 0.809. The molecule has 0 unspecified atom stereocenters. The molecule has 2 N–H and O–H groups in total. The van der Waals surface area contributed by atoms with Gasteiger partial charge in [-0.2, -0.15) is 5.10 Å². The van der Waals surface area contributed by atoms with E-state index in [0.717, 1.165) is 27.2 Å². The predicted octanol–water partition coefficient (Wildman–Crippen LogP) is 2.11. The lowest BCUT2D eigenvalue weighted by atomic mass is 10.3. The summed E-state index contributed by atoms with van der Waals surface area (Å²) in [4.78, 5) is 4.33. The third kappa shape index (κ3) is 1.88. The van der Waals surface area contributed by atoms with Crippen molar-refractivity contribution in [3.63, 3.8) is 0 Å². The number of pyridine rings is 1. The van der Waals surface area contributed by atoms with Gasteiger partial charge in [-0.15, -0.1) is 0 Å². The van der Waals surface area contributed by atoms with Crippen LogP contribution < -0.4 is 5.73 Å². The highest BCUT2D eigenvalue weighted by atomic mass is 79.9. The van der Waals surface area contributed by atoms with E-state index in [1.165, 1.54) is 0 Å². The van der Waals surface area contributed by atoms with Gasteiger partial charge in [0.1, 0.15) is 0 Å². The lowest BCUT2D eigenvalue weighted by Gasteiger charge is -2.03. The van der Waals surface area contributed by atoms with Crippen molar-refractivity contribution in [2.75, 3.05) is 0 Å². The highest BCUT2D eigenvalue weighted by Gasteiger charge is 2.10. The van der Waals surface area contributed by atoms with Gasteiger partial charge in [0.25, 0.3) is 0 Å². The van der Waals surface area contributed by atoms with Gasteiger partial charge >= 0.3 is 0 Å². The molecule has 2 aromatic heterocycles. The second-order valence-electron chi connectivity index (χ2n) is 3.63. The number of hydrogen-bond donors (Lipinski definition) is 1. The van der Waals surface area contributed by atoms with Crippen LogP contribution in [0.4, 0.5) is 0 Å². The highest BCUT2D eigenvalue weighted by molar-refractivity contribution is 9.10. The predicted molar refractivity (Wildman–Crippen MR) is 66.4 cm³/mol. The molecule has 0 amide bonds. The van der Waals surface area contributed by atoms with Crippen LogP contribution in [-0.2, 0) is 6.54 Å². The number of halogens is 1. The molecule has 4 nitrogen and oxygen atoms in total. The van der Waals surface area contributed by atoms with Crippen LogP contribution in [0.5, 0.6) is 0 Å². The monoisotopic (exact) mass is 280 g/mol. The minimum atomic E-state index is 0.508. The zero-order chi connectivity index (χ0) is 11.7. The summed E-state index contributed by atoms with van der Waals surface area (Å²) in [5.41, 5.74) is 8.55. The summed E-state index contributed by atoms with van der Waals surface area (Å²) in [6.07, 6.45) is 1.78. The van der Waals surface area contributed by atoms with Crippen LogP contribution in [0, 0.1) is 13.8 Å². The molecule has 0 saturated carbocycles. The summed E-state index contributed by atoms with van der Waals surface area (Å²) in [6, 6.07) is 3.89. The van der Waals surface area contributed by atoms with Crippen LogP contribution in [-0.4, -0.2) is 14.8 Å². The molecule has 2 heterocycles. The summed E-state index contributed by atoms with van der Waals surface area (Å²) >= 11 is 3.49. The summed E-state index contributed by atoms with van der Waals surface area (Å²) < 4.78 is 2.84. The lowest BCUT2D eigenvalue weighted by Crippen LogP contribution is -2.03. The van der Waals surface area contributed by atoms with Crippen molar-refractivity contribution < 1.29 is 0 Å². The van der Waals surface area contributed by atoms with Crippen molar-refractivity contribution >= 4 is 15.9 Å². The molecule has 5 heteroatoms. The molecular formula is C11H13BrN4. The SMILES string of the molecule is Cc1nn(-c2ccc(CN)cn2)c(C)c1Br. The van der Waals surface area contributed by atoms with Crippen LogP contribution in [0.3, 0.4) is 0 Å². The number of aromatic nitrogens is 3. The Morgan fingerprint density at radius 3 is 2.56 bits per heavy atom.